The highest BCUT2D eigenvalue weighted by Crippen LogP contribution is 2.27. The summed E-state index contributed by atoms with van der Waals surface area (Å²) in [4.78, 5) is 0. The predicted octanol–water partition coefficient (Wildman–Crippen LogP) is 4.96. The van der Waals surface area contributed by atoms with Gasteiger partial charge in [0.15, 0.2) is 0 Å². The van der Waals surface area contributed by atoms with Crippen molar-refractivity contribution in [3.8, 4) is 0 Å². The minimum atomic E-state index is 0.843. The molecule has 106 valence electrons. The lowest BCUT2D eigenvalue weighted by molar-refractivity contribution is 0.601. The van der Waals surface area contributed by atoms with Crippen molar-refractivity contribution in [1.82, 2.24) is 5.32 Å². The van der Waals surface area contributed by atoms with Gasteiger partial charge in [-0.3, -0.25) is 0 Å². The van der Waals surface area contributed by atoms with Crippen LogP contribution in [0.25, 0.3) is 10.8 Å². The summed E-state index contributed by atoms with van der Waals surface area (Å²) in [6.07, 6.45) is 7.78. The molecule has 2 aromatic rings. The average molecular weight is 288 g/mol. The maximum absolute atomic E-state index is 6.26. The summed E-state index contributed by atoms with van der Waals surface area (Å²) in [5, 5.41) is 6.93. The van der Waals surface area contributed by atoms with Crippen LogP contribution in [0.5, 0.6) is 0 Å². The van der Waals surface area contributed by atoms with Crippen LogP contribution in [0, 0.1) is 0 Å². The summed E-state index contributed by atoms with van der Waals surface area (Å²) in [6.45, 7) is 1.19. The molecule has 20 heavy (non-hydrogen) atoms. The summed E-state index contributed by atoms with van der Waals surface area (Å²) in [5.41, 5.74) is 1.43. The SMILES string of the molecule is Clc1ccc(CCCCCNC2CC2)c2ccccc12. The third-order valence-corrected chi connectivity index (χ3v) is 4.42. The molecule has 0 atom stereocenters. The van der Waals surface area contributed by atoms with Crippen LogP contribution in [0.15, 0.2) is 36.4 Å². The van der Waals surface area contributed by atoms with Crippen LogP contribution in [-0.4, -0.2) is 12.6 Å². The molecule has 3 rings (SSSR count). The van der Waals surface area contributed by atoms with Crippen molar-refractivity contribution < 1.29 is 0 Å². The molecule has 0 bridgehead atoms. The number of rotatable bonds is 7. The van der Waals surface area contributed by atoms with Crippen LogP contribution < -0.4 is 5.32 Å². The Morgan fingerprint density at radius 1 is 0.950 bits per heavy atom. The van der Waals surface area contributed by atoms with E-state index in [0.717, 1.165) is 17.5 Å². The standard InChI is InChI=1S/C18H22ClN/c19-18-12-9-14(16-7-3-4-8-17(16)18)6-2-1-5-13-20-15-10-11-15/h3-4,7-9,12,15,20H,1-2,5-6,10-11,13H2. The topological polar surface area (TPSA) is 12.0 Å². The van der Waals surface area contributed by atoms with E-state index in [-0.39, 0.29) is 0 Å². The minimum absolute atomic E-state index is 0.843. The van der Waals surface area contributed by atoms with E-state index < -0.39 is 0 Å². The normalized spacial score (nSPS) is 14.8. The highest BCUT2D eigenvalue weighted by atomic mass is 35.5. The lowest BCUT2D eigenvalue weighted by Crippen LogP contribution is -2.17. The highest BCUT2D eigenvalue weighted by molar-refractivity contribution is 6.35. The minimum Gasteiger partial charge on any atom is -0.314 e. The van der Waals surface area contributed by atoms with E-state index in [0.29, 0.717) is 0 Å². The summed E-state index contributed by atoms with van der Waals surface area (Å²) >= 11 is 6.26. The first kappa shape index (κ1) is 13.9. The van der Waals surface area contributed by atoms with Gasteiger partial charge in [0.25, 0.3) is 0 Å². The highest BCUT2D eigenvalue weighted by Gasteiger charge is 2.19. The van der Waals surface area contributed by atoms with E-state index in [1.807, 2.05) is 6.07 Å². The number of aryl methyl sites for hydroxylation is 1. The molecule has 0 spiro atoms. The zero-order valence-electron chi connectivity index (χ0n) is 11.9. The van der Waals surface area contributed by atoms with Gasteiger partial charge in [-0.05, 0) is 55.7 Å². The van der Waals surface area contributed by atoms with Crippen LogP contribution >= 0.6 is 11.6 Å². The van der Waals surface area contributed by atoms with E-state index in [4.69, 9.17) is 11.6 Å². The number of unbranched alkanes of at least 4 members (excludes halogenated alkanes) is 2. The van der Waals surface area contributed by atoms with E-state index >= 15 is 0 Å². The Hall–Kier alpha value is -1.05. The van der Waals surface area contributed by atoms with Crippen molar-refractivity contribution in [2.75, 3.05) is 6.54 Å². The Kier molecular flexibility index (Phi) is 4.59. The molecule has 0 heterocycles. The zero-order valence-corrected chi connectivity index (χ0v) is 12.6. The molecule has 1 fully saturated rings. The van der Waals surface area contributed by atoms with Crippen LogP contribution in [-0.2, 0) is 6.42 Å². The maximum Gasteiger partial charge on any atom is 0.0484 e. The van der Waals surface area contributed by atoms with Gasteiger partial charge in [-0.25, -0.2) is 0 Å². The van der Waals surface area contributed by atoms with Gasteiger partial charge in [0.05, 0.1) is 0 Å². The predicted molar refractivity (Wildman–Crippen MR) is 87.5 cm³/mol. The molecule has 2 aromatic carbocycles. The molecule has 1 saturated carbocycles. The van der Waals surface area contributed by atoms with Gasteiger partial charge in [0, 0.05) is 16.5 Å². The number of fused-ring (bicyclic) bond motifs is 1. The number of hydrogen-bond donors (Lipinski definition) is 1. The van der Waals surface area contributed by atoms with Crippen LogP contribution in [0.1, 0.15) is 37.7 Å². The fraction of sp³-hybridized carbons (Fsp3) is 0.444. The lowest BCUT2D eigenvalue weighted by atomic mass is 9.99. The van der Waals surface area contributed by atoms with Gasteiger partial charge in [-0.2, -0.15) is 0 Å². The summed E-state index contributed by atoms with van der Waals surface area (Å²) in [6, 6.07) is 13.5. The first-order valence-electron chi connectivity index (χ1n) is 7.74. The molecule has 1 N–H and O–H groups in total. The molecular formula is C18H22ClN. The Balaban J connectivity index is 1.53. The maximum atomic E-state index is 6.26. The van der Waals surface area contributed by atoms with E-state index in [1.54, 1.807) is 0 Å². The summed E-state index contributed by atoms with van der Waals surface area (Å²) < 4.78 is 0. The molecule has 2 heteroatoms. The molecule has 1 aliphatic rings. The largest absolute Gasteiger partial charge is 0.314 e. The number of nitrogens with one attached hydrogen (secondary N) is 1. The molecule has 0 radical (unpaired) electrons. The van der Waals surface area contributed by atoms with Crippen molar-refractivity contribution in [2.45, 2.75) is 44.6 Å². The molecule has 1 nitrogen and oxygen atoms in total. The molecule has 0 aliphatic heterocycles. The monoisotopic (exact) mass is 287 g/mol. The number of benzene rings is 2. The quantitative estimate of drug-likeness (QED) is 0.710. The van der Waals surface area contributed by atoms with Crippen LogP contribution in [0.2, 0.25) is 5.02 Å². The fourth-order valence-corrected chi connectivity index (χ4v) is 2.98. The molecule has 0 aromatic heterocycles. The molecular weight excluding hydrogens is 266 g/mol. The average Bonchev–Trinajstić information content (AvgIpc) is 3.29. The Bertz CT molecular complexity index is 575. The first-order chi connectivity index (χ1) is 9.84. The molecule has 0 saturated heterocycles. The number of halogens is 1. The second-order valence-corrected chi connectivity index (χ2v) is 6.20. The Labute approximate surface area is 126 Å². The van der Waals surface area contributed by atoms with Gasteiger partial charge in [0.2, 0.25) is 0 Å². The van der Waals surface area contributed by atoms with E-state index in [1.165, 1.54) is 55.0 Å². The zero-order chi connectivity index (χ0) is 13.8. The first-order valence-corrected chi connectivity index (χ1v) is 8.12. The van der Waals surface area contributed by atoms with Gasteiger partial charge < -0.3 is 5.32 Å². The van der Waals surface area contributed by atoms with Gasteiger partial charge in [0.1, 0.15) is 0 Å². The summed E-state index contributed by atoms with van der Waals surface area (Å²) in [5.74, 6) is 0. The van der Waals surface area contributed by atoms with Gasteiger partial charge >= 0.3 is 0 Å². The van der Waals surface area contributed by atoms with Crippen LogP contribution in [0.3, 0.4) is 0 Å². The second-order valence-electron chi connectivity index (χ2n) is 5.79. The van der Waals surface area contributed by atoms with Crippen molar-refractivity contribution in [2.24, 2.45) is 0 Å². The van der Waals surface area contributed by atoms with Crippen molar-refractivity contribution >= 4 is 22.4 Å². The molecule has 0 unspecified atom stereocenters. The van der Waals surface area contributed by atoms with E-state index in [2.05, 4.69) is 35.6 Å². The van der Waals surface area contributed by atoms with Gasteiger partial charge in [-0.15, -0.1) is 0 Å². The Morgan fingerprint density at radius 3 is 2.55 bits per heavy atom. The smallest absolute Gasteiger partial charge is 0.0484 e. The van der Waals surface area contributed by atoms with Gasteiger partial charge in [-0.1, -0.05) is 48.4 Å². The van der Waals surface area contributed by atoms with Crippen molar-refractivity contribution in [3.63, 3.8) is 0 Å². The third kappa shape index (κ3) is 3.53. The van der Waals surface area contributed by atoms with Crippen molar-refractivity contribution in [1.29, 1.82) is 0 Å². The molecule has 1 aliphatic carbocycles. The molecule has 0 amide bonds. The second kappa shape index (κ2) is 6.60. The lowest BCUT2D eigenvalue weighted by Gasteiger charge is -2.08. The third-order valence-electron chi connectivity index (χ3n) is 4.09. The number of hydrogen-bond acceptors (Lipinski definition) is 1. The Morgan fingerprint density at radius 2 is 1.75 bits per heavy atom. The summed E-state index contributed by atoms with van der Waals surface area (Å²) in [7, 11) is 0. The fourth-order valence-electron chi connectivity index (χ4n) is 2.75. The van der Waals surface area contributed by atoms with Crippen molar-refractivity contribution in [3.05, 3.63) is 47.0 Å². The van der Waals surface area contributed by atoms with Crippen LogP contribution in [0.4, 0.5) is 0 Å². The van der Waals surface area contributed by atoms with E-state index in [9.17, 15) is 0 Å².